The first-order valence-electron chi connectivity index (χ1n) is 6.33. The lowest BCUT2D eigenvalue weighted by Crippen LogP contribution is -1.89. The van der Waals surface area contributed by atoms with Gasteiger partial charge in [0.2, 0.25) is 5.88 Å². The van der Waals surface area contributed by atoms with Gasteiger partial charge in [0.15, 0.2) is 0 Å². The fourth-order valence-corrected chi connectivity index (χ4v) is 1.99. The fourth-order valence-electron chi connectivity index (χ4n) is 1.99. The summed E-state index contributed by atoms with van der Waals surface area (Å²) < 4.78 is 5.77. The molecule has 0 bridgehead atoms. The minimum atomic E-state index is 0.627. The molecular weight excluding hydrogens is 234 g/mol. The number of ether oxygens (including phenoxy) is 1. The molecule has 0 fully saturated rings. The quantitative estimate of drug-likeness (QED) is 0.659. The maximum absolute atomic E-state index is 5.77. The van der Waals surface area contributed by atoms with Crippen LogP contribution in [0.4, 0.5) is 0 Å². The molecule has 0 saturated carbocycles. The van der Waals surface area contributed by atoms with Crippen LogP contribution in [0.25, 0.3) is 10.9 Å². The molecule has 0 saturated heterocycles. The van der Waals surface area contributed by atoms with Crippen LogP contribution in [0.3, 0.4) is 0 Å². The maximum Gasteiger partial charge on any atom is 0.219 e. The first-order chi connectivity index (χ1) is 9.20. The second kappa shape index (κ2) is 4.73. The van der Waals surface area contributed by atoms with E-state index in [9.17, 15) is 0 Å². The maximum atomic E-state index is 5.77. The standard InChI is InChI=1S/C17H15NO/c1-12-4-8-15(9-5-12)19-17-10-7-14-6-3-13(2)11-16(14)18-17/h3-11H,1-2H3. The van der Waals surface area contributed by atoms with Crippen LogP contribution in [-0.4, -0.2) is 4.98 Å². The summed E-state index contributed by atoms with van der Waals surface area (Å²) in [6.07, 6.45) is 0. The monoisotopic (exact) mass is 249 g/mol. The van der Waals surface area contributed by atoms with Crippen LogP contribution < -0.4 is 4.74 Å². The zero-order valence-corrected chi connectivity index (χ0v) is 11.1. The number of aryl methyl sites for hydroxylation is 2. The molecule has 2 heteroatoms. The second-order valence-electron chi connectivity index (χ2n) is 4.76. The number of rotatable bonds is 2. The van der Waals surface area contributed by atoms with Gasteiger partial charge in [0.05, 0.1) is 5.52 Å². The predicted molar refractivity (Wildman–Crippen MR) is 77.7 cm³/mol. The highest BCUT2D eigenvalue weighted by Crippen LogP contribution is 2.23. The number of pyridine rings is 1. The Morgan fingerprint density at radius 2 is 1.47 bits per heavy atom. The summed E-state index contributed by atoms with van der Waals surface area (Å²) in [5, 5.41) is 1.13. The normalized spacial score (nSPS) is 10.6. The van der Waals surface area contributed by atoms with Gasteiger partial charge in [-0.1, -0.05) is 29.8 Å². The lowest BCUT2D eigenvalue weighted by molar-refractivity contribution is 0.465. The third-order valence-corrected chi connectivity index (χ3v) is 3.07. The van der Waals surface area contributed by atoms with Gasteiger partial charge in [-0.3, -0.25) is 0 Å². The molecule has 0 atom stereocenters. The van der Waals surface area contributed by atoms with E-state index in [4.69, 9.17) is 4.74 Å². The van der Waals surface area contributed by atoms with Crippen molar-refractivity contribution in [2.45, 2.75) is 13.8 Å². The van der Waals surface area contributed by atoms with Crippen LogP contribution in [0, 0.1) is 13.8 Å². The molecule has 0 amide bonds. The van der Waals surface area contributed by atoms with E-state index in [2.05, 4.69) is 37.0 Å². The SMILES string of the molecule is Cc1ccc(Oc2ccc3ccc(C)cc3n2)cc1. The molecule has 2 nitrogen and oxygen atoms in total. The van der Waals surface area contributed by atoms with Crippen molar-refractivity contribution in [3.05, 3.63) is 65.7 Å². The molecule has 3 aromatic rings. The molecule has 0 unspecified atom stereocenters. The summed E-state index contributed by atoms with van der Waals surface area (Å²) in [6, 6.07) is 18.1. The first-order valence-corrected chi connectivity index (χ1v) is 6.33. The Morgan fingerprint density at radius 3 is 2.26 bits per heavy atom. The van der Waals surface area contributed by atoms with E-state index < -0.39 is 0 Å². The third-order valence-electron chi connectivity index (χ3n) is 3.07. The molecule has 0 aliphatic rings. The second-order valence-corrected chi connectivity index (χ2v) is 4.76. The van der Waals surface area contributed by atoms with Gasteiger partial charge in [-0.05, 0) is 43.7 Å². The smallest absolute Gasteiger partial charge is 0.219 e. The zero-order valence-electron chi connectivity index (χ0n) is 11.1. The highest BCUT2D eigenvalue weighted by atomic mass is 16.5. The van der Waals surface area contributed by atoms with Crippen LogP contribution in [0.5, 0.6) is 11.6 Å². The number of fused-ring (bicyclic) bond motifs is 1. The van der Waals surface area contributed by atoms with Crippen LogP contribution in [0.1, 0.15) is 11.1 Å². The van der Waals surface area contributed by atoms with Gasteiger partial charge in [-0.2, -0.15) is 0 Å². The van der Waals surface area contributed by atoms with Crippen molar-refractivity contribution in [2.24, 2.45) is 0 Å². The number of nitrogens with zero attached hydrogens (tertiary/aromatic N) is 1. The van der Waals surface area contributed by atoms with E-state index in [1.807, 2.05) is 36.4 Å². The minimum absolute atomic E-state index is 0.627. The van der Waals surface area contributed by atoms with E-state index in [-0.39, 0.29) is 0 Å². The molecule has 1 aromatic heterocycles. The number of benzene rings is 2. The Bertz CT molecular complexity index is 717. The molecule has 19 heavy (non-hydrogen) atoms. The van der Waals surface area contributed by atoms with Gasteiger partial charge in [-0.15, -0.1) is 0 Å². The van der Waals surface area contributed by atoms with E-state index in [1.54, 1.807) is 0 Å². The molecule has 0 N–H and O–H groups in total. The molecule has 0 spiro atoms. The molecule has 3 rings (SSSR count). The zero-order chi connectivity index (χ0) is 13.2. The summed E-state index contributed by atoms with van der Waals surface area (Å²) in [6.45, 7) is 4.12. The minimum Gasteiger partial charge on any atom is -0.439 e. The summed E-state index contributed by atoms with van der Waals surface area (Å²) in [4.78, 5) is 4.53. The molecule has 1 heterocycles. The average molecular weight is 249 g/mol. The van der Waals surface area contributed by atoms with E-state index in [0.29, 0.717) is 5.88 Å². The van der Waals surface area contributed by atoms with Gasteiger partial charge in [-0.25, -0.2) is 4.98 Å². The molecule has 2 aromatic carbocycles. The topological polar surface area (TPSA) is 22.1 Å². The van der Waals surface area contributed by atoms with Gasteiger partial charge in [0.25, 0.3) is 0 Å². The molecule has 94 valence electrons. The van der Waals surface area contributed by atoms with Gasteiger partial charge < -0.3 is 4.74 Å². The Hall–Kier alpha value is -2.35. The predicted octanol–water partition coefficient (Wildman–Crippen LogP) is 4.64. The molecule has 0 aliphatic carbocycles. The summed E-state index contributed by atoms with van der Waals surface area (Å²) >= 11 is 0. The van der Waals surface area contributed by atoms with Crippen molar-refractivity contribution in [3.63, 3.8) is 0 Å². The third kappa shape index (κ3) is 2.58. The average Bonchev–Trinajstić information content (AvgIpc) is 2.41. The van der Waals surface area contributed by atoms with Gasteiger partial charge >= 0.3 is 0 Å². The molecule has 0 aliphatic heterocycles. The van der Waals surface area contributed by atoms with Crippen molar-refractivity contribution in [1.29, 1.82) is 0 Å². The van der Waals surface area contributed by atoms with Crippen molar-refractivity contribution in [2.75, 3.05) is 0 Å². The van der Waals surface area contributed by atoms with Crippen molar-refractivity contribution < 1.29 is 4.74 Å². The number of aromatic nitrogens is 1. The lowest BCUT2D eigenvalue weighted by Gasteiger charge is -2.06. The van der Waals surface area contributed by atoms with Crippen LogP contribution in [-0.2, 0) is 0 Å². The Labute approximate surface area is 112 Å². The summed E-state index contributed by atoms with van der Waals surface area (Å²) in [5.41, 5.74) is 3.38. The van der Waals surface area contributed by atoms with Crippen LogP contribution in [0.2, 0.25) is 0 Å². The number of hydrogen-bond donors (Lipinski definition) is 0. The van der Waals surface area contributed by atoms with Crippen LogP contribution >= 0.6 is 0 Å². The van der Waals surface area contributed by atoms with E-state index in [0.717, 1.165) is 16.7 Å². The van der Waals surface area contributed by atoms with Crippen molar-refractivity contribution in [3.8, 4) is 11.6 Å². The van der Waals surface area contributed by atoms with Crippen molar-refractivity contribution >= 4 is 10.9 Å². The molecule has 0 radical (unpaired) electrons. The fraction of sp³-hybridized carbons (Fsp3) is 0.118. The number of hydrogen-bond acceptors (Lipinski definition) is 2. The Morgan fingerprint density at radius 1 is 0.789 bits per heavy atom. The van der Waals surface area contributed by atoms with Gasteiger partial charge in [0.1, 0.15) is 5.75 Å². The summed E-state index contributed by atoms with van der Waals surface area (Å²) in [7, 11) is 0. The van der Waals surface area contributed by atoms with E-state index >= 15 is 0 Å². The van der Waals surface area contributed by atoms with Gasteiger partial charge in [0, 0.05) is 11.5 Å². The highest BCUT2D eigenvalue weighted by Gasteiger charge is 2.01. The molecular formula is C17H15NO. The largest absolute Gasteiger partial charge is 0.439 e. The lowest BCUT2D eigenvalue weighted by atomic mass is 10.1. The first kappa shape index (κ1) is 11.7. The van der Waals surface area contributed by atoms with Crippen LogP contribution in [0.15, 0.2) is 54.6 Å². The Balaban J connectivity index is 1.94. The summed E-state index contributed by atoms with van der Waals surface area (Å²) in [5.74, 6) is 1.44. The highest BCUT2D eigenvalue weighted by molar-refractivity contribution is 5.79. The van der Waals surface area contributed by atoms with E-state index in [1.165, 1.54) is 11.1 Å². The Kier molecular flexibility index (Phi) is 2.92. The van der Waals surface area contributed by atoms with Crippen molar-refractivity contribution in [1.82, 2.24) is 4.98 Å².